The second kappa shape index (κ2) is 10.4. The second-order valence-corrected chi connectivity index (χ2v) is 6.67. The van der Waals surface area contributed by atoms with Crippen LogP contribution in [0.3, 0.4) is 0 Å². The monoisotopic (exact) mass is 393 g/mol. The Morgan fingerprint density at radius 2 is 1.45 bits per heavy atom. The summed E-state index contributed by atoms with van der Waals surface area (Å²) in [5.41, 5.74) is 1.00. The van der Waals surface area contributed by atoms with Crippen molar-refractivity contribution in [3.05, 3.63) is 66.2 Å². The summed E-state index contributed by atoms with van der Waals surface area (Å²) in [6.45, 7) is 5.61. The Balaban J connectivity index is 1.88. The average molecular weight is 393 g/mol. The maximum absolute atomic E-state index is 12.5. The molecule has 0 saturated carbocycles. The van der Waals surface area contributed by atoms with Crippen molar-refractivity contribution in [2.75, 3.05) is 13.2 Å². The molecular formula is C24H27NO4. The van der Waals surface area contributed by atoms with E-state index < -0.39 is 6.09 Å². The van der Waals surface area contributed by atoms with Crippen LogP contribution in [0.4, 0.5) is 4.79 Å². The lowest BCUT2D eigenvalue weighted by atomic mass is 10.1. The summed E-state index contributed by atoms with van der Waals surface area (Å²) in [6, 6.07) is 19.2. The molecule has 0 unspecified atom stereocenters. The van der Waals surface area contributed by atoms with E-state index in [1.165, 1.54) is 0 Å². The number of ether oxygens (including phenoxy) is 3. The first-order chi connectivity index (χ1) is 14.2. The predicted octanol–water partition coefficient (Wildman–Crippen LogP) is 5.71. The van der Waals surface area contributed by atoms with Gasteiger partial charge in [-0.1, -0.05) is 68.4 Å². The lowest BCUT2D eigenvalue weighted by molar-refractivity contribution is 0.197. The molecule has 0 aliphatic carbocycles. The molecule has 3 rings (SSSR count). The third kappa shape index (κ3) is 5.41. The van der Waals surface area contributed by atoms with Crippen LogP contribution in [0, 0.1) is 0 Å². The van der Waals surface area contributed by atoms with Gasteiger partial charge in [0.1, 0.15) is 5.75 Å². The van der Waals surface area contributed by atoms with Gasteiger partial charge in [-0.2, -0.15) is 0 Å². The van der Waals surface area contributed by atoms with Gasteiger partial charge in [-0.25, -0.2) is 4.79 Å². The van der Waals surface area contributed by atoms with E-state index in [0.29, 0.717) is 31.3 Å². The van der Waals surface area contributed by atoms with Crippen molar-refractivity contribution in [1.82, 2.24) is 5.32 Å². The molecular weight excluding hydrogens is 366 g/mol. The quantitative estimate of drug-likeness (QED) is 0.506. The van der Waals surface area contributed by atoms with E-state index in [0.717, 1.165) is 34.9 Å². The van der Waals surface area contributed by atoms with Crippen molar-refractivity contribution in [3.8, 4) is 17.2 Å². The minimum absolute atomic E-state index is 0.389. The van der Waals surface area contributed by atoms with E-state index in [4.69, 9.17) is 14.2 Å². The molecule has 0 bridgehead atoms. The van der Waals surface area contributed by atoms with Crippen LogP contribution in [0.5, 0.6) is 17.2 Å². The van der Waals surface area contributed by atoms with Crippen LogP contribution in [0.2, 0.25) is 0 Å². The highest BCUT2D eigenvalue weighted by Crippen LogP contribution is 2.42. The summed E-state index contributed by atoms with van der Waals surface area (Å²) in [5.74, 6) is 1.64. The fourth-order valence-corrected chi connectivity index (χ4v) is 2.95. The second-order valence-electron chi connectivity index (χ2n) is 6.67. The molecule has 29 heavy (non-hydrogen) atoms. The number of carbonyl (C=O) groups excluding carboxylic acids is 1. The standard InChI is InChI=1S/C24H27NO4/c1-3-14-27-21-16-22(28-15-4-2)23(20-13-9-8-12-19(20)21)29-24(26)25-17-18-10-6-5-7-11-18/h5-13,16H,3-4,14-15,17H2,1-2H3,(H,25,26). The first-order valence-corrected chi connectivity index (χ1v) is 10.0. The molecule has 3 aromatic rings. The minimum atomic E-state index is -0.525. The van der Waals surface area contributed by atoms with Gasteiger partial charge in [-0.3, -0.25) is 0 Å². The first-order valence-electron chi connectivity index (χ1n) is 10.0. The molecule has 1 N–H and O–H groups in total. The van der Waals surface area contributed by atoms with Crippen molar-refractivity contribution in [3.63, 3.8) is 0 Å². The fourth-order valence-electron chi connectivity index (χ4n) is 2.95. The maximum Gasteiger partial charge on any atom is 0.413 e. The lowest BCUT2D eigenvalue weighted by Gasteiger charge is -2.17. The third-order valence-corrected chi connectivity index (χ3v) is 4.32. The van der Waals surface area contributed by atoms with Crippen LogP contribution in [0.1, 0.15) is 32.3 Å². The number of nitrogens with one attached hydrogen (secondary N) is 1. The largest absolute Gasteiger partial charge is 0.493 e. The normalized spacial score (nSPS) is 10.6. The van der Waals surface area contributed by atoms with Crippen LogP contribution >= 0.6 is 0 Å². The summed E-state index contributed by atoms with van der Waals surface area (Å²) in [4.78, 5) is 12.5. The van der Waals surface area contributed by atoms with Gasteiger partial charge in [0, 0.05) is 23.4 Å². The number of rotatable bonds is 9. The molecule has 5 heteroatoms. The number of fused-ring (bicyclic) bond motifs is 1. The molecule has 0 saturated heterocycles. The van der Waals surface area contributed by atoms with Crippen molar-refractivity contribution >= 4 is 16.9 Å². The number of amides is 1. The van der Waals surface area contributed by atoms with Gasteiger partial charge in [0.05, 0.1) is 13.2 Å². The van der Waals surface area contributed by atoms with Crippen LogP contribution in [0.15, 0.2) is 60.7 Å². The van der Waals surface area contributed by atoms with E-state index in [1.807, 2.05) is 67.6 Å². The average Bonchev–Trinajstić information content (AvgIpc) is 2.77. The molecule has 152 valence electrons. The van der Waals surface area contributed by atoms with Crippen molar-refractivity contribution in [2.24, 2.45) is 0 Å². The van der Waals surface area contributed by atoms with Crippen LogP contribution in [0.25, 0.3) is 10.8 Å². The van der Waals surface area contributed by atoms with Gasteiger partial charge in [0.15, 0.2) is 11.5 Å². The Bertz CT molecular complexity index is 940. The summed E-state index contributed by atoms with van der Waals surface area (Å²) in [7, 11) is 0. The highest BCUT2D eigenvalue weighted by molar-refractivity contribution is 5.97. The van der Waals surface area contributed by atoms with Crippen molar-refractivity contribution in [1.29, 1.82) is 0 Å². The van der Waals surface area contributed by atoms with Gasteiger partial charge >= 0.3 is 6.09 Å². The zero-order valence-electron chi connectivity index (χ0n) is 16.9. The van der Waals surface area contributed by atoms with Crippen molar-refractivity contribution < 1.29 is 19.0 Å². The Hall–Kier alpha value is -3.21. The first kappa shape index (κ1) is 20.5. The number of hydrogen-bond donors (Lipinski definition) is 1. The summed E-state index contributed by atoms with van der Waals surface area (Å²) < 4.78 is 17.5. The SMILES string of the molecule is CCCOc1cc(OCCC)c2ccccc2c1OC(=O)NCc1ccccc1. The molecule has 0 spiro atoms. The Morgan fingerprint density at radius 3 is 2.14 bits per heavy atom. The molecule has 1 amide bonds. The van der Waals surface area contributed by atoms with Crippen LogP contribution in [-0.2, 0) is 6.54 Å². The third-order valence-electron chi connectivity index (χ3n) is 4.32. The van der Waals surface area contributed by atoms with E-state index >= 15 is 0 Å². The molecule has 5 nitrogen and oxygen atoms in total. The number of benzene rings is 3. The zero-order chi connectivity index (χ0) is 20.5. The van der Waals surface area contributed by atoms with Crippen molar-refractivity contribution in [2.45, 2.75) is 33.2 Å². The van der Waals surface area contributed by atoms with E-state index in [-0.39, 0.29) is 0 Å². The predicted molar refractivity (Wildman–Crippen MR) is 115 cm³/mol. The molecule has 0 aliphatic rings. The molecule has 0 aromatic heterocycles. The topological polar surface area (TPSA) is 56.8 Å². The van der Waals surface area contributed by atoms with E-state index in [1.54, 1.807) is 0 Å². The van der Waals surface area contributed by atoms with Gasteiger partial charge < -0.3 is 19.5 Å². The van der Waals surface area contributed by atoms with Gasteiger partial charge in [0.2, 0.25) is 0 Å². The van der Waals surface area contributed by atoms with Crippen LogP contribution in [-0.4, -0.2) is 19.3 Å². The number of hydrogen-bond acceptors (Lipinski definition) is 4. The van der Waals surface area contributed by atoms with Crippen LogP contribution < -0.4 is 19.5 Å². The highest BCUT2D eigenvalue weighted by Gasteiger charge is 2.18. The Morgan fingerprint density at radius 1 is 0.828 bits per heavy atom. The summed E-state index contributed by atoms with van der Waals surface area (Å²) >= 11 is 0. The van der Waals surface area contributed by atoms with E-state index in [2.05, 4.69) is 12.2 Å². The summed E-state index contributed by atoms with van der Waals surface area (Å²) in [6.07, 6.45) is 1.22. The van der Waals surface area contributed by atoms with Gasteiger partial charge in [0.25, 0.3) is 0 Å². The smallest absolute Gasteiger partial charge is 0.413 e. The van der Waals surface area contributed by atoms with Gasteiger partial charge in [-0.05, 0) is 18.4 Å². The van der Waals surface area contributed by atoms with Gasteiger partial charge in [-0.15, -0.1) is 0 Å². The lowest BCUT2D eigenvalue weighted by Crippen LogP contribution is -2.26. The molecule has 0 atom stereocenters. The zero-order valence-corrected chi connectivity index (χ0v) is 16.9. The maximum atomic E-state index is 12.5. The molecule has 0 heterocycles. The minimum Gasteiger partial charge on any atom is -0.493 e. The molecule has 0 fully saturated rings. The number of carbonyl (C=O) groups is 1. The Labute approximate surface area is 171 Å². The molecule has 3 aromatic carbocycles. The Kier molecular flexibility index (Phi) is 7.34. The molecule has 0 radical (unpaired) electrons. The molecule has 0 aliphatic heterocycles. The summed E-state index contributed by atoms with van der Waals surface area (Å²) in [5, 5.41) is 4.46. The highest BCUT2D eigenvalue weighted by atomic mass is 16.6. The fraction of sp³-hybridized carbons (Fsp3) is 0.292. The van der Waals surface area contributed by atoms with E-state index in [9.17, 15) is 4.79 Å².